The zero-order valence-electron chi connectivity index (χ0n) is 34.3. The van der Waals surface area contributed by atoms with Crippen molar-refractivity contribution >= 4 is 29.3 Å². The Labute approximate surface area is 328 Å². The van der Waals surface area contributed by atoms with Crippen molar-refractivity contribution in [3.05, 3.63) is 29.3 Å². The van der Waals surface area contributed by atoms with Gasteiger partial charge in [0, 0.05) is 30.6 Å². The standard InChI is InChI=1S/C41H58N6O9/c1-23(2)54-30-12-11-25(43-37(51)41(10,21-48)22-49)19-26(30)33-44-34-31(27(20-42)35(47(34)45-33)56-38(52)46-13-15-53-16-14-46)36(50)55-32-28(39(4,5)6)17-24(3)18-29(32)40(7,8)9/h11-12,19,23-24,28-29,32,48-49H,13-18,21-22H2,1-10H3,(H,43,51)(H,44,45). The number of carbonyl (C=O) groups excluding carboxylic acids is 3. The molecule has 2 aliphatic rings. The number of carbonyl (C=O) groups is 3. The largest absolute Gasteiger partial charge is 0.490 e. The van der Waals surface area contributed by atoms with Gasteiger partial charge in [-0.05, 0) is 68.6 Å². The van der Waals surface area contributed by atoms with Gasteiger partial charge in [-0.25, -0.2) is 19.1 Å². The van der Waals surface area contributed by atoms with Gasteiger partial charge in [-0.2, -0.15) is 5.26 Å². The molecule has 2 atom stereocenters. The van der Waals surface area contributed by atoms with E-state index in [0.29, 0.717) is 36.1 Å². The highest BCUT2D eigenvalue weighted by atomic mass is 16.6. The lowest BCUT2D eigenvalue weighted by Gasteiger charge is -2.50. The average molecular weight is 779 g/mol. The maximum atomic E-state index is 14.7. The highest BCUT2D eigenvalue weighted by Crippen LogP contribution is 2.50. The first kappa shape index (κ1) is 42.5. The van der Waals surface area contributed by atoms with Gasteiger partial charge in [-0.1, -0.05) is 48.5 Å². The molecule has 1 saturated carbocycles. The maximum Gasteiger partial charge on any atom is 0.416 e. The van der Waals surface area contributed by atoms with Crippen molar-refractivity contribution < 1.29 is 43.5 Å². The lowest BCUT2D eigenvalue weighted by molar-refractivity contribution is -0.129. The van der Waals surface area contributed by atoms with Crippen LogP contribution in [-0.2, 0) is 14.3 Å². The summed E-state index contributed by atoms with van der Waals surface area (Å²) < 4.78 is 25.3. The number of hydrogen-bond acceptors (Lipinski definition) is 11. The second-order valence-corrected chi connectivity index (χ2v) is 18.0. The third-order valence-electron chi connectivity index (χ3n) is 11.0. The second kappa shape index (κ2) is 16.4. The first-order valence-corrected chi connectivity index (χ1v) is 19.4. The minimum Gasteiger partial charge on any atom is -0.490 e. The van der Waals surface area contributed by atoms with Crippen LogP contribution in [-0.4, -0.2) is 99.4 Å². The summed E-state index contributed by atoms with van der Waals surface area (Å²) in [7, 11) is 0. The quantitative estimate of drug-likeness (QED) is 0.175. The topological polar surface area (TPSA) is 201 Å². The van der Waals surface area contributed by atoms with Crippen LogP contribution in [0.5, 0.6) is 11.6 Å². The average Bonchev–Trinajstić information content (AvgIpc) is 3.68. The molecule has 4 N–H and O–H groups in total. The van der Waals surface area contributed by atoms with Gasteiger partial charge in [0.25, 0.3) is 0 Å². The molecule has 15 nitrogen and oxygen atoms in total. The molecule has 1 aliphatic heterocycles. The smallest absolute Gasteiger partial charge is 0.416 e. The zero-order chi connectivity index (χ0) is 41.3. The minimum atomic E-state index is -1.45. The van der Waals surface area contributed by atoms with Crippen molar-refractivity contribution in [2.24, 2.45) is 34.0 Å². The van der Waals surface area contributed by atoms with E-state index in [1.54, 1.807) is 18.2 Å². The lowest BCUT2D eigenvalue weighted by atomic mass is 9.59. The van der Waals surface area contributed by atoms with Gasteiger partial charge >= 0.3 is 12.1 Å². The van der Waals surface area contributed by atoms with Crippen LogP contribution in [0.2, 0.25) is 0 Å². The second-order valence-electron chi connectivity index (χ2n) is 18.0. The predicted molar refractivity (Wildman–Crippen MR) is 208 cm³/mol. The van der Waals surface area contributed by atoms with Gasteiger partial charge in [0.05, 0.1) is 43.5 Å². The number of morpholine rings is 1. The summed E-state index contributed by atoms with van der Waals surface area (Å²) in [6, 6.07) is 6.93. The summed E-state index contributed by atoms with van der Waals surface area (Å²) in [6.07, 6.45) is 0.244. The van der Waals surface area contributed by atoms with Gasteiger partial charge in [0.15, 0.2) is 11.5 Å². The number of aromatic amines is 1. The molecule has 0 bridgehead atoms. The molecule has 15 heteroatoms. The van der Waals surface area contributed by atoms with E-state index >= 15 is 0 Å². The van der Waals surface area contributed by atoms with Gasteiger partial charge in [-0.3, -0.25) is 9.89 Å². The zero-order valence-corrected chi connectivity index (χ0v) is 34.3. The first-order valence-electron chi connectivity index (χ1n) is 19.4. The van der Waals surface area contributed by atoms with Crippen molar-refractivity contribution in [1.82, 2.24) is 19.5 Å². The number of fused-ring (bicyclic) bond motifs is 1. The van der Waals surface area contributed by atoms with Gasteiger partial charge in [-0.15, -0.1) is 0 Å². The molecule has 2 amide bonds. The monoisotopic (exact) mass is 778 g/mol. The third-order valence-corrected chi connectivity index (χ3v) is 11.0. The van der Waals surface area contributed by atoms with Crippen molar-refractivity contribution in [1.29, 1.82) is 5.26 Å². The maximum absolute atomic E-state index is 14.7. The van der Waals surface area contributed by atoms with E-state index in [2.05, 4.69) is 65.0 Å². The van der Waals surface area contributed by atoms with Crippen LogP contribution in [0, 0.1) is 45.3 Å². The van der Waals surface area contributed by atoms with Crippen LogP contribution >= 0.6 is 0 Å². The Balaban J connectivity index is 1.67. The Morgan fingerprint density at radius 3 is 2.18 bits per heavy atom. The van der Waals surface area contributed by atoms with Crippen LogP contribution in [0.1, 0.15) is 98.0 Å². The predicted octanol–water partition coefficient (Wildman–Crippen LogP) is 6.03. The van der Waals surface area contributed by atoms with Crippen molar-refractivity contribution in [2.45, 2.75) is 94.3 Å². The summed E-state index contributed by atoms with van der Waals surface area (Å²) >= 11 is 0. The Kier molecular flexibility index (Phi) is 12.5. The van der Waals surface area contributed by atoms with Crippen LogP contribution in [0.4, 0.5) is 10.5 Å². The molecule has 5 rings (SSSR count). The molecule has 1 aliphatic carbocycles. The van der Waals surface area contributed by atoms with E-state index in [0.717, 1.165) is 12.8 Å². The SMILES string of the molecule is CC1CC(C(C)(C)C)C(OC(=O)c2c(C#N)c(OC(=O)N3CCOCC3)n3[nH]c(-c4cc(NC(=O)C(C)(CO)CO)ccc4OC(C)C)nc23)C(C(C)(C)C)C1. The van der Waals surface area contributed by atoms with E-state index in [1.165, 1.54) is 16.3 Å². The molecule has 1 aromatic carbocycles. The summed E-state index contributed by atoms with van der Waals surface area (Å²) in [5, 5.41) is 36.1. The number of nitrogens with one attached hydrogen (secondary N) is 2. The number of esters is 1. The number of nitrogens with zero attached hydrogens (tertiary/aromatic N) is 4. The molecule has 0 radical (unpaired) electrons. The number of rotatable bonds is 10. The molecular weight excluding hydrogens is 720 g/mol. The molecule has 2 unspecified atom stereocenters. The van der Waals surface area contributed by atoms with Crippen molar-refractivity contribution in [3.63, 3.8) is 0 Å². The molecule has 1 saturated heterocycles. The summed E-state index contributed by atoms with van der Waals surface area (Å²) in [6.45, 7) is 20.3. The fourth-order valence-corrected chi connectivity index (χ4v) is 7.57. The first-order chi connectivity index (χ1) is 26.2. The third kappa shape index (κ3) is 8.82. The van der Waals surface area contributed by atoms with Crippen LogP contribution in [0.3, 0.4) is 0 Å². The highest BCUT2D eigenvalue weighted by Gasteiger charge is 2.48. The number of aliphatic hydroxyl groups is 2. The van der Waals surface area contributed by atoms with E-state index in [1.807, 2.05) is 13.8 Å². The number of benzene rings is 1. The van der Waals surface area contributed by atoms with Crippen LogP contribution < -0.4 is 14.8 Å². The molecule has 0 spiro atoms. The molecular formula is C41H58N6O9. The lowest BCUT2D eigenvalue weighted by Crippen LogP contribution is -2.49. The molecule has 3 heterocycles. The number of ether oxygens (including phenoxy) is 4. The van der Waals surface area contributed by atoms with Crippen LogP contribution in [0.25, 0.3) is 17.0 Å². The van der Waals surface area contributed by atoms with Crippen molar-refractivity contribution in [2.75, 3.05) is 44.8 Å². The number of hydrogen-bond donors (Lipinski definition) is 4. The molecule has 3 aromatic rings. The molecule has 2 fully saturated rings. The Morgan fingerprint density at radius 1 is 1.04 bits per heavy atom. The van der Waals surface area contributed by atoms with E-state index < -0.39 is 42.7 Å². The highest BCUT2D eigenvalue weighted by molar-refractivity contribution is 6.01. The number of H-pyrrole nitrogens is 1. The van der Waals surface area contributed by atoms with E-state index in [4.69, 9.17) is 23.9 Å². The van der Waals surface area contributed by atoms with Crippen LogP contribution in [0.15, 0.2) is 18.2 Å². The Morgan fingerprint density at radius 2 is 1.64 bits per heavy atom. The number of aliphatic hydroxyl groups excluding tert-OH is 2. The minimum absolute atomic E-state index is 0.00630. The molecule has 2 aromatic heterocycles. The van der Waals surface area contributed by atoms with Crippen molar-refractivity contribution in [3.8, 4) is 29.1 Å². The number of nitriles is 1. The Hall–Kier alpha value is -4.65. The molecule has 56 heavy (non-hydrogen) atoms. The summed E-state index contributed by atoms with van der Waals surface area (Å²) in [4.78, 5) is 47.6. The van der Waals surface area contributed by atoms with E-state index in [-0.39, 0.29) is 70.3 Å². The number of amides is 2. The number of aromatic nitrogens is 3. The fraction of sp³-hybridized carbons (Fsp3) is 0.634. The number of anilines is 1. The van der Waals surface area contributed by atoms with E-state index in [9.17, 15) is 29.9 Å². The summed E-state index contributed by atoms with van der Waals surface area (Å²) in [5.74, 6) is -0.632. The summed E-state index contributed by atoms with van der Waals surface area (Å²) in [5.41, 5.74) is -1.56. The molecule has 306 valence electrons. The normalized spacial score (nSPS) is 20.8. The fourth-order valence-electron chi connectivity index (χ4n) is 7.57. The van der Waals surface area contributed by atoms with Gasteiger partial charge in [0.1, 0.15) is 29.0 Å². The van der Waals surface area contributed by atoms with Gasteiger partial charge in [0.2, 0.25) is 11.8 Å². The van der Waals surface area contributed by atoms with Gasteiger partial charge < -0.3 is 39.4 Å². The Bertz CT molecular complexity index is 1930.